The molecule has 98 valence electrons. The van der Waals surface area contributed by atoms with Crippen LogP contribution in [0, 0.1) is 5.92 Å². The molecule has 0 bridgehead atoms. The summed E-state index contributed by atoms with van der Waals surface area (Å²) in [4.78, 5) is 14.4. The molecule has 4 heteroatoms. The lowest BCUT2D eigenvalue weighted by Gasteiger charge is -2.29. The van der Waals surface area contributed by atoms with Gasteiger partial charge in [-0.2, -0.15) is 0 Å². The summed E-state index contributed by atoms with van der Waals surface area (Å²) in [6, 6.07) is 8.33. The Morgan fingerprint density at radius 1 is 1.16 bits per heavy atom. The fourth-order valence-corrected chi connectivity index (χ4v) is 5.80. The summed E-state index contributed by atoms with van der Waals surface area (Å²) in [6.07, 6.45) is 3.35. The van der Waals surface area contributed by atoms with Crippen LogP contribution in [0.25, 0.3) is 0 Å². The molecule has 1 aliphatic carbocycles. The second-order valence-corrected chi connectivity index (χ2v) is 7.53. The Morgan fingerprint density at radius 3 is 3.00 bits per heavy atom. The van der Waals surface area contributed by atoms with Crippen LogP contribution in [0.3, 0.4) is 0 Å². The molecular weight excluding hydrogens is 276 g/mol. The molecule has 0 radical (unpaired) electrons. The Bertz CT molecular complexity index is 671. The highest BCUT2D eigenvalue weighted by molar-refractivity contribution is 7.27. The van der Waals surface area contributed by atoms with Gasteiger partial charge in [-0.1, -0.05) is 40.9 Å². The van der Waals surface area contributed by atoms with E-state index in [9.17, 15) is 4.79 Å². The number of benzene rings is 1. The van der Waals surface area contributed by atoms with Gasteiger partial charge >= 0.3 is 0 Å². The largest absolute Gasteiger partial charge is 0.493 e. The van der Waals surface area contributed by atoms with E-state index in [1.165, 1.54) is 44.4 Å². The van der Waals surface area contributed by atoms with Crippen LogP contribution in [-0.4, -0.2) is 6.61 Å². The third-order valence-corrected chi connectivity index (χ3v) is 6.52. The lowest BCUT2D eigenvalue weighted by Crippen LogP contribution is -2.19. The summed E-state index contributed by atoms with van der Waals surface area (Å²) in [5.41, 5.74) is 1.28. The first kappa shape index (κ1) is 11.7. The number of para-hydroxylation sites is 1. The smallest absolute Gasteiger partial charge is 0.287 e. The first-order valence-corrected chi connectivity index (χ1v) is 8.30. The van der Waals surface area contributed by atoms with Gasteiger partial charge in [0.05, 0.1) is 6.61 Å². The number of hydrogen-bond donors (Lipinski definition) is 0. The van der Waals surface area contributed by atoms with E-state index >= 15 is 0 Å². The van der Waals surface area contributed by atoms with Gasteiger partial charge in [-0.3, -0.25) is 4.79 Å². The number of rotatable bonds is 0. The summed E-state index contributed by atoms with van der Waals surface area (Å²) in [6.45, 7) is 0.798. The topological polar surface area (TPSA) is 26.3 Å². The Kier molecular flexibility index (Phi) is 2.74. The maximum Gasteiger partial charge on any atom is 0.287 e. The van der Waals surface area contributed by atoms with Crippen LogP contribution in [-0.2, 0) is 6.42 Å². The van der Waals surface area contributed by atoms with Gasteiger partial charge in [-0.25, -0.2) is 0 Å². The van der Waals surface area contributed by atoms with Crippen molar-refractivity contribution in [3.8, 4) is 5.75 Å². The first-order valence-electron chi connectivity index (χ1n) is 6.67. The average Bonchev–Trinajstić information content (AvgIpc) is 2.69. The summed E-state index contributed by atoms with van der Waals surface area (Å²) in [7, 11) is 0. The lowest BCUT2D eigenvalue weighted by molar-refractivity contribution is 0.282. The van der Waals surface area contributed by atoms with Gasteiger partial charge in [0.1, 0.15) is 5.75 Å². The minimum atomic E-state index is 0.244. The van der Waals surface area contributed by atoms with E-state index in [0.717, 1.165) is 25.2 Å². The van der Waals surface area contributed by atoms with Crippen molar-refractivity contribution in [2.75, 3.05) is 6.61 Å². The molecular formula is C15H14O2S2. The molecule has 0 saturated carbocycles. The van der Waals surface area contributed by atoms with Gasteiger partial charge in [-0.05, 0) is 31.2 Å². The molecule has 0 spiro atoms. The Labute approximate surface area is 119 Å². The second-order valence-electron chi connectivity index (χ2n) is 5.19. The molecule has 0 fully saturated rings. The molecule has 2 atom stereocenters. The van der Waals surface area contributed by atoms with E-state index in [1.54, 1.807) is 0 Å². The molecule has 2 aromatic rings. The van der Waals surface area contributed by atoms with E-state index in [2.05, 4.69) is 18.2 Å². The maximum atomic E-state index is 11.7. The van der Waals surface area contributed by atoms with Gasteiger partial charge < -0.3 is 4.74 Å². The standard InChI is InChI=1S/C15H14O2S2/c16-15-18-12-6-5-9-7-8-17-11-4-2-1-3-10(11)13(9)14(12)19-15/h1-4,9,13H,5-8H2. The molecule has 4 rings (SSSR count). The quantitative estimate of drug-likeness (QED) is 0.740. The van der Waals surface area contributed by atoms with Crippen LogP contribution >= 0.6 is 22.7 Å². The summed E-state index contributed by atoms with van der Waals surface area (Å²) in [5.74, 6) is 2.02. The molecule has 0 saturated heterocycles. The van der Waals surface area contributed by atoms with Gasteiger partial charge in [0.15, 0.2) is 0 Å². The van der Waals surface area contributed by atoms with Crippen molar-refractivity contribution in [3.63, 3.8) is 0 Å². The van der Waals surface area contributed by atoms with E-state index in [4.69, 9.17) is 4.74 Å². The molecule has 1 aliphatic heterocycles. The fourth-order valence-electron chi connectivity index (χ4n) is 3.32. The first-order chi connectivity index (χ1) is 9.33. The second kappa shape index (κ2) is 4.46. The van der Waals surface area contributed by atoms with Crippen molar-refractivity contribution < 1.29 is 4.74 Å². The molecule has 0 amide bonds. The summed E-state index contributed by atoms with van der Waals surface area (Å²) < 4.78 is 6.14. The molecule has 2 unspecified atom stereocenters. The van der Waals surface area contributed by atoms with Gasteiger partial charge in [0.25, 0.3) is 4.06 Å². The molecule has 2 nitrogen and oxygen atoms in total. The molecule has 1 aromatic heterocycles. The molecule has 19 heavy (non-hydrogen) atoms. The third-order valence-electron chi connectivity index (χ3n) is 4.17. The predicted molar refractivity (Wildman–Crippen MR) is 78.7 cm³/mol. The Morgan fingerprint density at radius 2 is 2.05 bits per heavy atom. The maximum absolute atomic E-state index is 11.7. The normalized spacial score (nSPS) is 24.6. The van der Waals surface area contributed by atoms with Crippen molar-refractivity contribution in [2.45, 2.75) is 25.2 Å². The zero-order valence-corrected chi connectivity index (χ0v) is 12.1. The van der Waals surface area contributed by atoms with Crippen molar-refractivity contribution in [1.29, 1.82) is 0 Å². The number of aryl methyl sites for hydroxylation is 1. The van der Waals surface area contributed by atoms with Crippen LogP contribution in [0.4, 0.5) is 0 Å². The molecule has 2 aliphatic rings. The number of fused-ring (bicyclic) bond motifs is 5. The van der Waals surface area contributed by atoms with Crippen LogP contribution in [0.1, 0.15) is 34.1 Å². The average molecular weight is 290 g/mol. The van der Waals surface area contributed by atoms with Gasteiger partial charge in [0.2, 0.25) is 0 Å². The van der Waals surface area contributed by atoms with Crippen molar-refractivity contribution in [3.05, 3.63) is 48.4 Å². The Balaban J connectivity index is 1.93. The third kappa shape index (κ3) is 1.85. The van der Waals surface area contributed by atoms with Crippen molar-refractivity contribution in [1.82, 2.24) is 0 Å². The lowest BCUT2D eigenvalue weighted by atomic mass is 9.76. The Hall–Kier alpha value is -1.13. The molecule has 0 N–H and O–H groups in total. The number of hydrogen-bond acceptors (Lipinski definition) is 4. The predicted octanol–water partition coefficient (Wildman–Crippen LogP) is 3.65. The minimum absolute atomic E-state index is 0.244. The van der Waals surface area contributed by atoms with Gasteiger partial charge in [0, 0.05) is 21.2 Å². The van der Waals surface area contributed by atoms with E-state index < -0.39 is 0 Å². The van der Waals surface area contributed by atoms with E-state index in [0.29, 0.717) is 11.8 Å². The number of ether oxygens (including phenoxy) is 1. The fraction of sp³-hybridized carbons (Fsp3) is 0.400. The van der Waals surface area contributed by atoms with Crippen LogP contribution in [0.15, 0.2) is 29.1 Å². The zero-order chi connectivity index (χ0) is 12.8. The molecule has 1 aromatic carbocycles. The van der Waals surface area contributed by atoms with E-state index in [-0.39, 0.29) is 4.06 Å². The van der Waals surface area contributed by atoms with Crippen LogP contribution in [0.2, 0.25) is 0 Å². The highest BCUT2D eigenvalue weighted by atomic mass is 32.2. The van der Waals surface area contributed by atoms with Crippen LogP contribution < -0.4 is 8.79 Å². The summed E-state index contributed by atoms with van der Waals surface area (Å²) >= 11 is 2.91. The zero-order valence-electron chi connectivity index (χ0n) is 10.4. The minimum Gasteiger partial charge on any atom is -0.493 e. The monoisotopic (exact) mass is 290 g/mol. The molecule has 2 heterocycles. The SMILES string of the molecule is O=c1sc2c(s1)C1c3ccccc3OCCC1CC2. The van der Waals surface area contributed by atoms with Crippen molar-refractivity contribution >= 4 is 22.7 Å². The van der Waals surface area contributed by atoms with Gasteiger partial charge in [-0.15, -0.1) is 0 Å². The van der Waals surface area contributed by atoms with E-state index in [1.807, 2.05) is 6.07 Å². The highest BCUT2D eigenvalue weighted by Gasteiger charge is 2.36. The summed E-state index contributed by atoms with van der Waals surface area (Å²) in [5, 5.41) is 0. The van der Waals surface area contributed by atoms with Crippen molar-refractivity contribution in [2.24, 2.45) is 5.92 Å². The van der Waals surface area contributed by atoms with Crippen LogP contribution in [0.5, 0.6) is 5.75 Å². The highest BCUT2D eigenvalue weighted by Crippen LogP contribution is 2.48.